The minimum Gasteiger partial charge on any atom is -0.475 e. The lowest BCUT2D eigenvalue weighted by Crippen LogP contribution is -2.47. The fourth-order valence-electron chi connectivity index (χ4n) is 3.62. The van der Waals surface area contributed by atoms with Gasteiger partial charge in [-0.05, 0) is 37.2 Å². The Bertz CT molecular complexity index is 735. The van der Waals surface area contributed by atoms with Gasteiger partial charge in [0.05, 0.1) is 19.3 Å². The minimum absolute atomic E-state index is 0.0653. The Kier molecular flexibility index (Phi) is 10.1. The molecule has 1 aromatic rings. The topological polar surface area (TPSA) is 123 Å². The van der Waals surface area contributed by atoms with Crippen molar-refractivity contribution in [1.29, 1.82) is 0 Å². The van der Waals surface area contributed by atoms with Crippen molar-refractivity contribution < 1.29 is 42.1 Å². The van der Waals surface area contributed by atoms with Crippen LogP contribution in [0, 0.1) is 5.41 Å². The summed E-state index contributed by atoms with van der Waals surface area (Å²) in [7, 11) is 1.57. The zero-order valence-electron chi connectivity index (χ0n) is 18.3. The number of alkyl carbamates (subject to hydrolysis) is 1. The molecule has 10 nitrogen and oxygen atoms in total. The molecule has 1 unspecified atom stereocenters. The standard InChI is InChI=1S/C18H28N4O4.C2HF3O2/c1-24-10-11-25-17(23)20-12-15-2-4-18(13-26-15)5-8-22(9-6-18)16-3-7-19-14-21-16;3-2(4,5)1(6)7/h3,7,14-15H,2,4-6,8-13H2,1H3,(H,20,23);(H,6,7). The molecule has 2 fully saturated rings. The van der Waals surface area contributed by atoms with Crippen LogP contribution in [0.15, 0.2) is 18.6 Å². The third-order valence-electron chi connectivity index (χ3n) is 5.57. The Hall–Kier alpha value is -2.67. The van der Waals surface area contributed by atoms with Gasteiger partial charge in [-0.3, -0.25) is 0 Å². The molecule has 0 radical (unpaired) electrons. The number of hydrogen-bond donors (Lipinski definition) is 2. The first kappa shape index (κ1) is 26.6. The number of amides is 1. The number of aromatic nitrogens is 2. The predicted molar refractivity (Wildman–Crippen MR) is 110 cm³/mol. The summed E-state index contributed by atoms with van der Waals surface area (Å²) in [6.45, 7) is 3.91. The minimum atomic E-state index is -5.08. The molecular weight excluding hydrogens is 449 g/mol. The number of methoxy groups -OCH3 is 1. The van der Waals surface area contributed by atoms with Crippen molar-refractivity contribution in [2.75, 3.05) is 51.5 Å². The zero-order valence-corrected chi connectivity index (χ0v) is 18.3. The van der Waals surface area contributed by atoms with Gasteiger partial charge in [0.25, 0.3) is 0 Å². The molecule has 1 aromatic heterocycles. The number of carboxylic acids is 1. The summed E-state index contributed by atoms with van der Waals surface area (Å²) in [5.41, 5.74) is 0.263. The van der Waals surface area contributed by atoms with E-state index in [0.29, 0.717) is 13.2 Å². The quantitative estimate of drug-likeness (QED) is 0.593. The highest BCUT2D eigenvalue weighted by molar-refractivity contribution is 5.73. The second-order valence-corrected chi connectivity index (χ2v) is 7.84. The van der Waals surface area contributed by atoms with Gasteiger partial charge < -0.3 is 29.5 Å². The summed E-state index contributed by atoms with van der Waals surface area (Å²) in [5, 5.41) is 9.89. The van der Waals surface area contributed by atoms with E-state index in [2.05, 4.69) is 20.2 Å². The lowest BCUT2D eigenvalue weighted by atomic mass is 9.73. The number of halogens is 3. The number of hydrogen-bond acceptors (Lipinski definition) is 8. The van der Waals surface area contributed by atoms with E-state index in [9.17, 15) is 18.0 Å². The maximum atomic E-state index is 11.6. The number of piperidine rings is 1. The molecule has 0 aromatic carbocycles. The molecule has 2 aliphatic heterocycles. The summed E-state index contributed by atoms with van der Waals surface area (Å²) in [5.74, 6) is -1.76. The van der Waals surface area contributed by atoms with E-state index in [1.54, 1.807) is 19.6 Å². The summed E-state index contributed by atoms with van der Waals surface area (Å²) < 4.78 is 47.6. The number of aliphatic carboxylic acids is 1. The predicted octanol–water partition coefficient (Wildman–Crippen LogP) is 2.25. The van der Waals surface area contributed by atoms with E-state index < -0.39 is 18.2 Å². The fourth-order valence-corrected chi connectivity index (χ4v) is 3.62. The number of carbonyl (C=O) groups is 2. The van der Waals surface area contributed by atoms with Gasteiger partial charge in [0, 0.05) is 32.9 Å². The van der Waals surface area contributed by atoms with Crippen molar-refractivity contribution in [3.63, 3.8) is 0 Å². The van der Waals surface area contributed by atoms with Crippen molar-refractivity contribution >= 4 is 17.9 Å². The average Bonchev–Trinajstić information content (AvgIpc) is 2.80. The molecular formula is C20H29F3N4O6. The first-order valence-corrected chi connectivity index (χ1v) is 10.5. The van der Waals surface area contributed by atoms with Crippen molar-refractivity contribution in [2.24, 2.45) is 5.41 Å². The summed E-state index contributed by atoms with van der Waals surface area (Å²) in [6, 6.07) is 1.96. The maximum absolute atomic E-state index is 11.6. The third kappa shape index (κ3) is 9.00. The molecule has 13 heteroatoms. The van der Waals surface area contributed by atoms with E-state index in [1.165, 1.54) is 0 Å². The van der Waals surface area contributed by atoms with Crippen LogP contribution in [0.5, 0.6) is 0 Å². The van der Waals surface area contributed by atoms with Crippen LogP contribution in [0.1, 0.15) is 25.7 Å². The smallest absolute Gasteiger partial charge is 0.475 e. The van der Waals surface area contributed by atoms with Gasteiger partial charge in [0.15, 0.2) is 0 Å². The Balaban J connectivity index is 0.000000479. The number of rotatable bonds is 6. The van der Waals surface area contributed by atoms with Gasteiger partial charge in [-0.15, -0.1) is 0 Å². The summed E-state index contributed by atoms with van der Waals surface area (Å²) in [4.78, 5) is 31.1. The van der Waals surface area contributed by atoms with Gasteiger partial charge >= 0.3 is 18.2 Å². The first-order chi connectivity index (χ1) is 15.6. The lowest BCUT2D eigenvalue weighted by molar-refractivity contribution is -0.192. The molecule has 33 heavy (non-hydrogen) atoms. The van der Waals surface area contributed by atoms with E-state index in [4.69, 9.17) is 24.1 Å². The molecule has 0 saturated carbocycles. The normalized spacial score (nSPS) is 19.9. The number of nitrogens with one attached hydrogen (secondary N) is 1. The SMILES string of the molecule is COCCOC(=O)NCC1CCC2(CCN(c3ccncn3)CC2)CO1.O=C(O)C(F)(F)F. The van der Waals surface area contributed by atoms with Gasteiger partial charge in [0.2, 0.25) is 0 Å². The van der Waals surface area contributed by atoms with E-state index in [0.717, 1.165) is 51.2 Å². The van der Waals surface area contributed by atoms with Crippen LogP contribution in [0.3, 0.4) is 0 Å². The summed E-state index contributed by atoms with van der Waals surface area (Å²) >= 11 is 0. The fraction of sp³-hybridized carbons (Fsp3) is 0.700. The molecule has 0 bridgehead atoms. The number of carboxylic acid groups (broad SMARTS) is 1. The number of carbonyl (C=O) groups excluding carboxylic acids is 1. The Morgan fingerprint density at radius 1 is 1.30 bits per heavy atom. The van der Waals surface area contributed by atoms with Crippen LogP contribution in [-0.2, 0) is 19.0 Å². The van der Waals surface area contributed by atoms with Crippen LogP contribution in [0.2, 0.25) is 0 Å². The molecule has 1 spiro atoms. The number of nitrogens with zero attached hydrogens (tertiary/aromatic N) is 3. The molecule has 2 N–H and O–H groups in total. The van der Waals surface area contributed by atoms with Crippen LogP contribution < -0.4 is 10.2 Å². The zero-order chi connectivity index (χ0) is 24.3. The van der Waals surface area contributed by atoms with Gasteiger partial charge in [0.1, 0.15) is 18.8 Å². The van der Waals surface area contributed by atoms with Gasteiger partial charge in [-0.1, -0.05) is 0 Å². The van der Waals surface area contributed by atoms with Crippen molar-refractivity contribution in [3.8, 4) is 0 Å². The van der Waals surface area contributed by atoms with Crippen molar-refractivity contribution in [2.45, 2.75) is 38.0 Å². The monoisotopic (exact) mass is 478 g/mol. The maximum Gasteiger partial charge on any atom is 0.490 e. The summed E-state index contributed by atoms with van der Waals surface area (Å²) in [6.07, 6.45) is 2.27. The highest BCUT2D eigenvalue weighted by Crippen LogP contribution is 2.41. The van der Waals surface area contributed by atoms with E-state index in [1.807, 2.05) is 6.07 Å². The third-order valence-corrected chi connectivity index (χ3v) is 5.57. The molecule has 2 saturated heterocycles. The molecule has 3 rings (SSSR count). The van der Waals surface area contributed by atoms with Crippen LogP contribution >= 0.6 is 0 Å². The first-order valence-electron chi connectivity index (χ1n) is 10.5. The largest absolute Gasteiger partial charge is 0.490 e. The van der Waals surface area contributed by atoms with Gasteiger partial charge in [-0.25, -0.2) is 19.6 Å². The Labute approximate surface area is 189 Å². The van der Waals surface area contributed by atoms with E-state index >= 15 is 0 Å². The average molecular weight is 478 g/mol. The number of ether oxygens (including phenoxy) is 3. The molecule has 0 aliphatic carbocycles. The molecule has 3 heterocycles. The molecule has 1 amide bonds. The van der Waals surface area contributed by atoms with E-state index in [-0.39, 0.29) is 18.1 Å². The van der Waals surface area contributed by atoms with Crippen molar-refractivity contribution in [1.82, 2.24) is 15.3 Å². The second-order valence-electron chi connectivity index (χ2n) is 7.84. The van der Waals surface area contributed by atoms with Crippen LogP contribution in [0.4, 0.5) is 23.8 Å². The molecule has 186 valence electrons. The van der Waals surface area contributed by atoms with Crippen LogP contribution in [-0.4, -0.2) is 86.0 Å². The van der Waals surface area contributed by atoms with Crippen molar-refractivity contribution in [3.05, 3.63) is 18.6 Å². The molecule has 1 atom stereocenters. The molecule has 2 aliphatic rings. The lowest BCUT2D eigenvalue weighted by Gasteiger charge is -2.46. The Morgan fingerprint density at radius 2 is 2.00 bits per heavy atom. The second kappa shape index (κ2) is 12.5. The highest BCUT2D eigenvalue weighted by Gasteiger charge is 2.39. The number of alkyl halides is 3. The number of anilines is 1. The van der Waals surface area contributed by atoms with Gasteiger partial charge in [-0.2, -0.15) is 13.2 Å². The van der Waals surface area contributed by atoms with Crippen LogP contribution in [0.25, 0.3) is 0 Å². The highest BCUT2D eigenvalue weighted by atomic mass is 19.4. The Morgan fingerprint density at radius 3 is 2.52 bits per heavy atom.